The van der Waals surface area contributed by atoms with Gasteiger partial charge in [0, 0.05) is 18.7 Å². The van der Waals surface area contributed by atoms with Crippen molar-refractivity contribution < 1.29 is 23.2 Å². The van der Waals surface area contributed by atoms with Gasteiger partial charge in [0.25, 0.3) is 0 Å². The summed E-state index contributed by atoms with van der Waals surface area (Å²) in [6, 6.07) is 11.7. The van der Waals surface area contributed by atoms with Crippen molar-refractivity contribution in [1.82, 2.24) is 20.4 Å². The fraction of sp³-hybridized carbons (Fsp3) is 0.375. The van der Waals surface area contributed by atoms with Crippen molar-refractivity contribution in [2.24, 2.45) is 0 Å². The molecule has 1 unspecified atom stereocenters. The average Bonchev–Trinajstić information content (AvgIpc) is 3.33. The first-order chi connectivity index (χ1) is 16.1. The number of likely N-dealkylation sites (tertiary alicyclic amines) is 1. The maximum Gasteiger partial charge on any atom is 0.234 e. The third kappa shape index (κ3) is 5.67. The zero-order valence-corrected chi connectivity index (χ0v) is 18.7. The molecule has 33 heavy (non-hydrogen) atoms. The average molecular weight is 455 g/mol. The Morgan fingerprint density at radius 3 is 2.85 bits per heavy atom. The topological polar surface area (TPSA) is 89.7 Å². The molecule has 1 saturated heterocycles. The summed E-state index contributed by atoms with van der Waals surface area (Å²) in [5.74, 6) is 1.79. The molecule has 0 saturated carbocycles. The number of methoxy groups -OCH3 is 2. The molecule has 0 bridgehead atoms. The number of hydrogen-bond donors (Lipinski definition) is 1. The summed E-state index contributed by atoms with van der Waals surface area (Å²) in [6.45, 7) is 2.16. The first-order valence-corrected chi connectivity index (χ1v) is 10.8. The zero-order chi connectivity index (χ0) is 23.2. The fourth-order valence-corrected chi connectivity index (χ4v) is 4.00. The number of aromatic nitrogens is 2. The fourth-order valence-electron chi connectivity index (χ4n) is 4.00. The first-order valence-electron chi connectivity index (χ1n) is 10.8. The van der Waals surface area contributed by atoms with Crippen LogP contribution in [0.1, 0.15) is 30.2 Å². The number of carbonyl (C=O) groups is 1. The molecule has 1 aromatic heterocycles. The van der Waals surface area contributed by atoms with E-state index in [0.29, 0.717) is 41.9 Å². The van der Waals surface area contributed by atoms with Crippen LogP contribution in [0.4, 0.5) is 4.39 Å². The predicted octanol–water partition coefficient (Wildman–Crippen LogP) is 3.39. The van der Waals surface area contributed by atoms with Crippen molar-refractivity contribution >= 4 is 5.91 Å². The van der Waals surface area contributed by atoms with Gasteiger partial charge in [-0.1, -0.05) is 23.4 Å². The number of nitrogens with zero attached hydrogens (tertiary/aromatic N) is 3. The van der Waals surface area contributed by atoms with Gasteiger partial charge in [0.15, 0.2) is 11.5 Å². The second-order valence-electron chi connectivity index (χ2n) is 8.01. The van der Waals surface area contributed by atoms with Gasteiger partial charge in [0.05, 0.1) is 26.7 Å². The lowest BCUT2D eigenvalue weighted by molar-refractivity contribution is -0.122. The Kier molecular flexibility index (Phi) is 7.19. The van der Waals surface area contributed by atoms with E-state index in [1.54, 1.807) is 26.4 Å². The van der Waals surface area contributed by atoms with E-state index in [0.717, 1.165) is 24.9 Å². The first kappa shape index (κ1) is 22.7. The highest BCUT2D eigenvalue weighted by atomic mass is 19.1. The van der Waals surface area contributed by atoms with Crippen molar-refractivity contribution in [2.75, 3.05) is 33.9 Å². The molecule has 2 heterocycles. The quantitative estimate of drug-likeness (QED) is 0.558. The molecule has 1 amide bonds. The number of carbonyl (C=O) groups excluding carboxylic acids is 1. The minimum absolute atomic E-state index is 0.0345. The van der Waals surface area contributed by atoms with Gasteiger partial charge in [-0.05, 0) is 49.2 Å². The molecule has 4 rings (SSSR count). The van der Waals surface area contributed by atoms with Crippen LogP contribution in [0.5, 0.6) is 11.5 Å². The summed E-state index contributed by atoms with van der Waals surface area (Å²) in [5, 5.41) is 6.97. The van der Waals surface area contributed by atoms with Gasteiger partial charge >= 0.3 is 0 Å². The van der Waals surface area contributed by atoms with Gasteiger partial charge in [-0.15, -0.1) is 0 Å². The summed E-state index contributed by atoms with van der Waals surface area (Å²) in [5.41, 5.74) is 1.50. The SMILES string of the molecule is COc1ccc(CNC(=O)CN2CCCC(c3nc(-c4cccc(F)c4)no3)C2)cc1OC. The van der Waals surface area contributed by atoms with Crippen LogP contribution in [0, 0.1) is 5.82 Å². The van der Waals surface area contributed by atoms with E-state index in [1.165, 1.54) is 12.1 Å². The van der Waals surface area contributed by atoms with Crippen molar-refractivity contribution in [3.8, 4) is 22.9 Å². The van der Waals surface area contributed by atoms with E-state index in [2.05, 4.69) is 20.4 Å². The Morgan fingerprint density at radius 1 is 1.21 bits per heavy atom. The minimum Gasteiger partial charge on any atom is -0.493 e. The summed E-state index contributed by atoms with van der Waals surface area (Å²) < 4.78 is 29.5. The van der Waals surface area contributed by atoms with E-state index in [1.807, 2.05) is 18.2 Å². The van der Waals surface area contributed by atoms with Crippen LogP contribution in [0.3, 0.4) is 0 Å². The van der Waals surface area contributed by atoms with Crippen LogP contribution in [0.25, 0.3) is 11.4 Å². The molecule has 174 valence electrons. The van der Waals surface area contributed by atoms with E-state index < -0.39 is 0 Å². The number of piperidine rings is 1. The van der Waals surface area contributed by atoms with E-state index >= 15 is 0 Å². The molecule has 0 aliphatic carbocycles. The van der Waals surface area contributed by atoms with Gasteiger partial charge in [-0.2, -0.15) is 4.98 Å². The molecule has 8 nitrogen and oxygen atoms in total. The van der Waals surface area contributed by atoms with Crippen LogP contribution in [0.2, 0.25) is 0 Å². The van der Waals surface area contributed by atoms with Crippen LogP contribution >= 0.6 is 0 Å². The number of hydrogen-bond acceptors (Lipinski definition) is 7. The number of halogens is 1. The number of amides is 1. The smallest absolute Gasteiger partial charge is 0.234 e. The number of ether oxygens (including phenoxy) is 2. The number of rotatable bonds is 8. The Morgan fingerprint density at radius 2 is 2.06 bits per heavy atom. The van der Waals surface area contributed by atoms with Gasteiger partial charge in [-0.3, -0.25) is 9.69 Å². The molecule has 1 aliphatic heterocycles. The highest BCUT2D eigenvalue weighted by molar-refractivity contribution is 5.78. The number of benzene rings is 2. The molecule has 2 aromatic carbocycles. The van der Waals surface area contributed by atoms with Gasteiger partial charge in [0.1, 0.15) is 5.82 Å². The van der Waals surface area contributed by atoms with Crippen molar-refractivity contribution in [2.45, 2.75) is 25.3 Å². The van der Waals surface area contributed by atoms with Gasteiger partial charge in [0.2, 0.25) is 17.6 Å². The maximum absolute atomic E-state index is 13.5. The molecule has 1 N–H and O–H groups in total. The van der Waals surface area contributed by atoms with E-state index in [-0.39, 0.29) is 24.2 Å². The molecule has 1 fully saturated rings. The molecular formula is C24H27FN4O4. The predicted molar refractivity (Wildman–Crippen MR) is 119 cm³/mol. The lowest BCUT2D eigenvalue weighted by Crippen LogP contribution is -2.41. The molecule has 0 spiro atoms. The summed E-state index contributed by atoms with van der Waals surface area (Å²) in [6.07, 6.45) is 1.82. The van der Waals surface area contributed by atoms with E-state index in [4.69, 9.17) is 14.0 Å². The largest absolute Gasteiger partial charge is 0.493 e. The molecule has 9 heteroatoms. The summed E-state index contributed by atoms with van der Waals surface area (Å²) in [7, 11) is 3.17. The molecular weight excluding hydrogens is 427 g/mol. The lowest BCUT2D eigenvalue weighted by atomic mass is 9.98. The Labute approximate surface area is 191 Å². The molecule has 3 aromatic rings. The van der Waals surface area contributed by atoms with Crippen LogP contribution in [-0.2, 0) is 11.3 Å². The van der Waals surface area contributed by atoms with Gasteiger partial charge in [-0.25, -0.2) is 4.39 Å². The molecule has 1 atom stereocenters. The third-order valence-corrected chi connectivity index (χ3v) is 5.68. The third-order valence-electron chi connectivity index (χ3n) is 5.68. The van der Waals surface area contributed by atoms with Crippen LogP contribution < -0.4 is 14.8 Å². The second-order valence-corrected chi connectivity index (χ2v) is 8.01. The zero-order valence-electron chi connectivity index (χ0n) is 18.7. The Bertz CT molecular complexity index is 1100. The highest BCUT2D eigenvalue weighted by Gasteiger charge is 2.27. The minimum atomic E-state index is -0.346. The summed E-state index contributed by atoms with van der Waals surface area (Å²) in [4.78, 5) is 19.1. The van der Waals surface area contributed by atoms with Crippen LogP contribution in [-0.4, -0.2) is 54.8 Å². The van der Waals surface area contributed by atoms with Crippen molar-refractivity contribution in [3.63, 3.8) is 0 Å². The second kappa shape index (κ2) is 10.4. The van der Waals surface area contributed by atoms with Gasteiger partial charge < -0.3 is 19.3 Å². The lowest BCUT2D eigenvalue weighted by Gasteiger charge is -2.30. The van der Waals surface area contributed by atoms with E-state index in [9.17, 15) is 9.18 Å². The molecule has 1 aliphatic rings. The number of nitrogens with one attached hydrogen (secondary N) is 1. The Hall–Kier alpha value is -3.46. The summed E-state index contributed by atoms with van der Waals surface area (Å²) >= 11 is 0. The Balaban J connectivity index is 1.31. The monoisotopic (exact) mass is 454 g/mol. The van der Waals surface area contributed by atoms with Crippen molar-refractivity contribution in [1.29, 1.82) is 0 Å². The maximum atomic E-state index is 13.5. The van der Waals surface area contributed by atoms with Crippen LogP contribution in [0.15, 0.2) is 47.0 Å². The molecule has 0 radical (unpaired) electrons. The standard InChI is InChI=1S/C24H27FN4O4/c1-31-20-9-8-16(11-21(20)32-2)13-26-22(30)15-29-10-4-6-18(14-29)24-27-23(28-33-24)17-5-3-7-19(25)12-17/h3,5,7-9,11-12,18H,4,6,10,13-15H2,1-2H3,(H,26,30). The highest BCUT2D eigenvalue weighted by Crippen LogP contribution is 2.28. The van der Waals surface area contributed by atoms with Crippen molar-refractivity contribution in [3.05, 3.63) is 59.7 Å². The normalized spacial score (nSPS) is 16.4.